The van der Waals surface area contributed by atoms with E-state index in [-0.39, 0.29) is 22.1 Å². The molecule has 37 heavy (non-hydrogen) atoms. The van der Waals surface area contributed by atoms with Gasteiger partial charge in [0.05, 0.1) is 10.6 Å². The van der Waals surface area contributed by atoms with Crippen molar-refractivity contribution in [3.05, 3.63) is 87.7 Å². The third kappa shape index (κ3) is 5.88. The summed E-state index contributed by atoms with van der Waals surface area (Å²) < 4.78 is 55.2. The van der Waals surface area contributed by atoms with Gasteiger partial charge in [-0.25, -0.2) is 14.1 Å². The number of amides is 1. The fraction of sp³-hybridized carbons (Fsp3) is 0.200. The second-order valence-electron chi connectivity index (χ2n) is 8.45. The van der Waals surface area contributed by atoms with E-state index in [4.69, 9.17) is 17.3 Å². The van der Waals surface area contributed by atoms with Crippen LogP contribution in [0.2, 0.25) is 5.02 Å². The summed E-state index contributed by atoms with van der Waals surface area (Å²) in [5.41, 5.74) is 6.74. The van der Waals surface area contributed by atoms with Crippen molar-refractivity contribution in [3.8, 4) is 0 Å². The molecule has 0 spiro atoms. The van der Waals surface area contributed by atoms with Gasteiger partial charge in [0.2, 0.25) is 5.91 Å². The molecule has 1 aliphatic heterocycles. The van der Waals surface area contributed by atoms with Gasteiger partial charge in [-0.15, -0.1) is 0 Å². The van der Waals surface area contributed by atoms with E-state index in [1.54, 1.807) is 6.08 Å². The van der Waals surface area contributed by atoms with Crippen molar-refractivity contribution < 1.29 is 22.4 Å². The number of anilines is 1. The SMILES string of the molecule is CC1=CC(c2cncc(C(N)=O)c2)=C(n2nc(C(F)(F)F)cc2C)N=C(Nc2ccc(F)c(Cl)c2)CC1. The van der Waals surface area contributed by atoms with Crippen LogP contribution in [0.3, 0.4) is 0 Å². The highest BCUT2D eigenvalue weighted by Gasteiger charge is 2.35. The van der Waals surface area contributed by atoms with Gasteiger partial charge >= 0.3 is 6.18 Å². The lowest BCUT2D eigenvalue weighted by Gasteiger charge is -2.19. The van der Waals surface area contributed by atoms with Crippen LogP contribution in [0, 0.1) is 12.7 Å². The zero-order valence-electron chi connectivity index (χ0n) is 19.7. The van der Waals surface area contributed by atoms with Crippen LogP contribution in [-0.4, -0.2) is 26.5 Å². The molecule has 7 nitrogen and oxygen atoms in total. The standard InChI is InChI=1S/C25H21ClF4N6O/c1-13-3-6-22(33-17-4-5-20(27)19(26)10-17)34-24(36-14(2)8-21(35-36)25(28,29)30)18(7-13)15-9-16(23(31)37)12-32-11-15/h4-5,7-12H,3,6H2,1-2H3,(H2,31,37)(H,33,34). The Balaban J connectivity index is 1.96. The first kappa shape index (κ1) is 26.1. The Hall–Kier alpha value is -3.99. The number of aromatic nitrogens is 3. The van der Waals surface area contributed by atoms with E-state index in [0.29, 0.717) is 35.5 Å². The van der Waals surface area contributed by atoms with E-state index in [0.717, 1.165) is 16.3 Å². The van der Waals surface area contributed by atoms with Crippen molar-refractivity contribution in [2.24, 2.45) is 10.7 Å². The van der Waals surface area contributed by atoms with Crippen LogP contribution in [-0.2, 0) is 6.18 Å². The smallest absolute Gasteiger partial charge is 0.366 e. The topological polar surface area (TPSA) is 98.2 Å². The predicted octanol–water partition coefficient (Wildman–Crippen LogP) is 6.07. The van der Waals surface area contributed by atoms with E-state index in [2.05, 4.69) is 20.4 Å². The van der Waals surface area contributed by atoms with Crippen LogP contribution < -0.4 is 11.1 Å². The first-order chi connectivity index (χ1) is 17.4. The molecule has 0 bridgehead atoms. The zero-order chi connectivity index (χ0) is 26.9. The highest BCUT2D eigenvalue weighted by atomic mass is 35.5. The molecule has 0 radical (unpaired) electrons. The van der Waals surface area contributed by atoms with Crippen molar-refractivity contribution in [2.45, 2.75) is 32.9 Å². The molecule has 1 amide bonds. The molecule has 192 valence electrons. The van der Waals surface area contributed by atoms with Gasteiger partial charge in [-0.2, -0.15) is 18.3 Å². The van der Waals surface area contributed by atoms with Crippen molar-refractivity contribution in [3.63, 3.8) is 0 Å². The molecule has 1 aromatic carbocycles. The number of hydrogen-bond acceptors (Lipinski definition) is 5. The second-order valence-corrected chi connectivity index (χ2v) is 8.85. The highest BCUT2D eigenvalue weighted by Crippen LogP contribution is 2.33. The van der Waals surface area contributed by atoms with E-state index in [1.807, 2.05) is 6.92 Å². The fourth-order valence-electron chi connectivity index (χ4n) is 3.70. The van der Waals surface area contributed by atoms with Crippen LogP contribution in [0.4, 0.5) is 23.2 Å². The molecule has 3 aromatic rings. The molecule has 3 heterocycles. The second kappa shape index (κ2) is 10.2. The molecule has 4 rings (SSSR count). The normalized spacial score (nSPS) is 14.6. The maximum absolute atomic E-state index is 13.7. The number of hydrogen-bond donors (Lipinski definition) is 2. The molecule has 0 aliphatic carbocycles. The molecule has 0 fully saturated rings. The molecular formula is C25H21ClF4N6O. The van der Waals surface area contributed by atoms with E-state index < -0.39 is 23.6 Å². The maximum Gasteiger partial charge on any atom is 0.435 e. The maximum atomic E-state index is 13.7. The molecule has 2 aromatic heterocycles. The summed E-state index contributed by atoms with van der Waals surface area (Å²) in [6.07, 6.45) is 0.778. The molecule has 3 N–H and O–H groups in total. The minimum Gasteiger partial charge on any atom is -0.366 e. The Morgan fingerprint density at radius 2 is 1.89 bits per heavy atom. The largest absolute Gasteiger partial charge is 0.435 e. The number of carbonyl (C=O) groups is 1. The van der Waals surface area contributed by atoms with Crippen molar-refractivity contribution in [2.75, 3.05) is 5.32 Å². The van der Waals surface area contributed by atoms with Crippen molar-refractivity contribution >= 4 is 40.4 Å². The van der Waals surface area contributed by atoms with Crippen molar-refractivity contribution in [1.82, 2.24) is 14.8 Å². The number of aryl methyl sites for hydroxylation is 1. The lowest BCUT2D eigenvalue weighted by Crippen LogP contribution is -2.17. The number of allylic oxidation sites excluding steroid dienone is 3. The number of aliphatic imine (C=N–C) groups is 1. The van der Waals surface area contributed by atoms with Crippen molar-refractivity contribution in [1.29, 1.82) is 0 Å². The van der Waals surface area contributed by atoms with Gasteiger partial charge in [-0.1, -0.05) is 23.3 Å². The number of nitrogens with zero attached hydrogens (tertiary/aromatic N) is 4. The summed E-state index contributed by atoms with van der Waals surface area (Å²) in [5.74, 6) is -0.866. The van der Waals surface area contributed by atoms with Gasteiger partial charge in [0.25, 0.3) is 0 Å². The van der Waals surface area contributed by atoms with E-state index in [9.17, 15) is 22.4 Å². The van der Waals surface area contributed by atoms with Crippen LogP contribution in [0.1, 0.15) is 47.1 Å². The Labute approximate surface area is 214 Å². The van der Waals surface area contributed by atoms with Crippen LogP contribution in [0.25, 0.3) is 11.4 Å². The summed E-state index contributed by atoms with van der Waals surface area (Å²) in [7, 11) is 0. The quantitative estimate of drug-likeness (QED) is 0.398. The summed E-state index contributed by atoms with van der Waals surface area (Å²) >= 11 is 5.91. The number of halogens is 5. The number of alkyl halides is 3. The van der Waals surface area contributed by atoms with Crippen LogP contribution in [0.5, 0.6) is 0 Å². The molecule has 0 unspecified atom stereocenters. The monoisotopic (exact) mass is 532 g/mol. The Morgan fingerprint density at radius 1 is 1.14 bits per heavy atom. The number of carbonyl (C=O) groups excluding carboxylic acids is 1. The Kier molecular flexibility index (Phi) is 7.17. The lowest BCUT2D eigenvalue weighted by molar-refractivity contribution is -0.141. The molecular weight excluding hydrogens is 512 g/mol. The number of benzene rings is 1. The van der Waals surface area contributed by atoms with Gasteiger partial charge in [-0.3, -0.25) is 9.78 Å². The van der Waals surface area contributed by atoms with Gasteiger partial charge in [0, 0.05) is 41.3 Å². The minimum absolute atomic E-state index is 0.0613. The average molecular weight is 533 g/mol. The van der Waals surface area contributed by atoms with E-state index >= 15 is 0 Å². The van der Waals surface area contributed by atoms with Gasteiger partial charge in [0.15, 0.2) is 11.5 Å². The third-order valence-corrected chi connectivity index (χ3v) is 5.84. The Morgan fingerprint density at radius 3 is 2.54 bits per heavy atom. The van der Waals surface area contributed by atoms with E-state index in [1.165, 1.54) is 43.6 Å². The van der Waals surface area contributed by atoms with Gasteiger partial charge in [0.1, 0.15) is 11.7 Å². The Bertz CT molecular complexity index is 1470. The highest BCUT2D eigenvalue weighted by molar-refractivity contribution is 6.31. The number of primary amides is 1. The number of nitrogens with two attached hydrogens (primary N) is 1. The summed E-state index contributed by atoms with van der Waals surface area (Å²) in [5, 5.41) is 6.77. The van der Waals surface area contributed by atoms with Gasteiger partial charge in [-0.05, 0) is 50.6 Å². The number of rotatable bonds is 4. The van der Waals surface area contributed by atoms with Crippen LogP contribution >= 0.6 is 11.6 Å². The third-order valence-electron chi connectivity index (χ3n) is 5.55. The minimum atomic E-state index is -4.67. The zero-order valence-corrected chi connectivity index (χ0v) is 20.5. The molecule has 0 saturated carbocycles. The average Bonchev–Trinajstić information content (AvgIpc) is 3.22. The molecule has 0 saturated heterocycles. The van der Waals surface area contributed by atoms with Gasteiger partial charge < -0.3 is 11.1 Å². The molecule has 1 aliphatic rings. The number of pyridine rings is 1. The molecule has 0 atom stereocenters. The number of nitrogens with one attached hydrogen (secondary N) is 1. The lowest BCUT2D eigenvalue weighted by atomic mass is 10.00. The summed E-state index contributed by atoms with van der Waals surface area (Å²) in [6.45, 7) is 3.33. The first-order valence-corrected chi connectivity index (χ1v) is 11.4. The number of amidine groups is 1. The van der Waals surface area contributed by atoms with Crippen LogP contribution in [0.15, 0.2) is 59.4 Å². The predicted molar refractivity (Wildman–Crippen MR) is 133 cm³/mol. The molecule has 12 heteroatoms. The summed E-state index contributed by atoms with van der Waals surface area (Å²) in [4.78, 5) is 20.5. The summed E-state index contributed by atoms with van der Waals surface area (Å²) in [6, 6.07) is 6.45. The fourth-order valence-corrected chi connectivity index (χ4v) is 3.88. The first-order valence-electron chi connectivity index (χ1n) is 11.0.